The van der Waals surface area contributed by atoms with Crippen molar-refractivity contribution >= 4 is 37.5 Å². The molecule has 0 atom stereocenters. The van der Waals surface area contributed by atoms with E-state index in [1.54, 1.807) is 19.1 Å². The highest BCUT2D eigenvalue weighted by Gasteiger charge is 2.28. The van der Waals surface area contributed by atoms with Crippen LogP contribution in [0.1, 0.15) is 27.0 Å². The van der Waals surface area contributed by atoms with E-state index in [1.807, 2.05) is 26.0 Å². The molecule has 6 nitrogen and oxygen atoms in total. The predicted molar refractivity (Wildman–Crippen MR) is 112 cm³/mol. The molecule has 0 radical (unpaired) electrons. The third-order valence-electron chi connectivity index (χ3n) is 4.77. The molecule has 1 saturated heterocycles. The lowest BCUT2D eigenvalue weighted by Crippen LogP contribution is -2.40. The number of halogens is 1. The zero-order valence-corrected chi connectivity index (χ0v) is 18.5. The molecule has 0 aromatic heterocycles. The number of hydrogen-bond donors (Lipinski definition) is 1. The average Bonchev–Trinajstić information content (AvgIpc) is 2.65. The minimum atomic E-state index is -3.68. The van der Waals surface area contributed by atoms with Crippen molar-refractivity contribution in [2.75, 3.05) is 31.6 Å². The van der Waals surface area contributed by atoms with E-state index in [1.165, 1.54) is 10.4 Å². The molecule has 1 amide bonds. The molecule has 0 saturated carbocycles. The Bertz CT molecular complexity index is 992. The average molecular weight is 467 g/mol. The van der Waals surface area contributed by atoms with Gasteiger partial charge in [-0.25, -0.2) is 8.42 Å². The van der Waals surface area contributed by atoms with Crippen LogP contribution in [0.3, 0.4) is 0 Å². The Labute approximate surface area is 174 Å². The van der Waals surface area contributed by atoms with Gasteiger partial charge < -0.3 is 10.1 Å². The highest BCUT2D eigenvalue weighted by atomic mass is 79.9. The number of benzene rings is 2. The molecule has 2 aromatic carbocycles. The van der Waals surface area contributed by atoms with Crippen molar-refractivity contribution in [1.29, 1.82) is 0 Å². The minimum absolute atomic E-state index is 0.159. The van der Waals surface area contributed by atoms with Gasteiger partial charge in [-0.15, -0.1) is 0 Å². The van der Waals surface area contributed by atoms with E-state index in [9.17, 15) is 13.2 Å². The van der Waals surface area contributed by atoms with E-state index in [0.29, 0.717) is 37.4 Å². The van der Waals surface area contributed by atoms with Crippen LogP contribution in [-0.4, -0.2) is 44.9 Å². The molecule has 1 fully saturated rings. The number of nitrogens with one attached hydrogen (secondary N) is 1. The van der Waals surface area contributed by atoms with Crippen LogP contribution in [0.25, 0.3) is 0 Å². The molecule has 1 N–H and O–H groups in total. The fraction of sp³-hybridized carbons (Fsp3) is 0.350. The number of sulfonamides is 1. The molecule has 1 aliphatic heterocycles. The van der Waals surface area contributed by atoms with Crippen LogP contribution >= 0.6 is 15.9 Å². The lowest BCUT2D eigenvalue weighted by Gasteiger charge is -2.26. The largest absolute Gasteiger partial charge is 0.379 e. The van der Waals surface area contributed by atoms with Gasteiger partial charge in [-0.3, -0.25) is 4.79 Å². The maximum Gasteiger partial charge on any atom is 0.255 e. The third kappa shape index (κ3) is 4.30. The van der Waals surface area contributed by atoms with E-state index >= 15 is 0 Å². The van der Waals surface area contributed by atoms with E-state index in [0.717, 1.165) is 21.3 Å². The Balaban J connectivity index is 1.92. The van der Waals surface area contributed by atoms with E-state index in [2.05, 4.69) is 21.2 Å². The standard InChI is InChI=1S/C20H23BrN2O4S/c1-13-4-5-16(12-18(13)28(25,26)23-6-8-27-9-7-23)20(24)22-19-14(2)10-17(21)11-15(19)3/h4-5,10-12H,6-9H2,1-3H3,(H,22,24). The zero-order chi connectivity index (χ0) is 20.5. The molecule has 0 aliphatic carbocycles. The van der Waals surface area contributed by atoms with Gasteiger partial charge in [-0.2, -0.15) is 4.31 Å². The number of morpholine rings is 1. The number of anilines is 1. The van der Waals surface area contributed by atoms with E-state index in [-0.39, 0.29) is 10.8 Å². The topological polar surface area (TPSA) is 75.7 Å². The van der Waals surface area contributed by atoms with Crippen molar-refractivity contribution < 1.29 is 17.9 Å². The molecule has 1 heterocycles. The molecular weight excluding hydrogens is 444 g/mol. The molecule has 150 valence electrons. The van der Waals surface area contributed by atoms with Crippen molar-refractivity contribution in [3.05, 3.63) is 57.1 Å². The summed E-state index contributed by atoms with van der Waals surface area (Å²) in [6.45, 7) is 6.94. The first-order chi connectivity index (χ1) is 13.2. The van der Waals surface area contributed by atoms with Crippen LogP contribution < -0.4 is 5.32 Å². The number of carbonyl (C=O) groups excluding carboxylic acids is 1. The van der Waals surface area contributed by atoms with Crippen LogP contribution in [0.15, 0.2) is 39.7 Å². The molecule has 0 unspecified atom stereocenters. The number of nitrogens with zero attached hydrogens (tertiary/aromatic N) is 1. The smallest absolute Gasteiger partial charge is 0.255 e. The second kappa shape index (κ2) is 8.32. The van der Waals surface area contributed by atoms with Gasteiger partial charge in [0.1, 0.15) is 0 Å². The summed E-state index contributed by atoms with van der Waals surface area (Å²) in [5.74, 6) is -0.341. The molecule has 0 spiro atoms. The number of ether oxygens (including phenoxy) is 1. The number of amides is 1. The van der Waals surface area contributed by atoms with Crippen molar-refractivity contribution in [2.45, 2.75) is 25.7 Å². The van der Waals surface area contributed by atoms with Crippen LogP contribution in [-0.2, 0) is 14.8 Å². The quantitative estimate of drug-likeness (QED) is 0.745. The van der Waals surface area contributed by atoms with Crippen molar-refractivity contribution in [1.82, 2.24) is 4.31 Å². The van der Waals surface area contributed by atoms with Gasteiger partial charge in [0.05, 0.1) is 18.1 Å². The number of hydrogen-bond acceptors (Lipinski definition) is 4. The summed E-state index contributed by atoms with van der Waals surface area (Å²) in [6.07, 6.45) is 0. The first-order valence-corrected chi connectivity index (χ1v) is 11.2. The summed E-state index contributed by atoms with van der Waals surface area (Å²) in [6, 6.07) is 8.62. The molecular formula is C20H23BrN2O4S. The summed E-state index contributed by atoms with van der Waals surface area (Å²) in [4.78, 5) is 13.0. The lowest BCUT2D eigenvalue weighted by atomic mass is 10.1. The zero-order valence-electron chi connectivity index (χ0n) is 16.1. The van der Waals surface area contributed by atoms with Gasteiger partial charge in [0.2, 0.25) is 10.0 Å². The molecule has 0 bridgehead atoms. The highest BCUT2D eigenvalue weighted by molar-refractivity contribution is 9.10. The first-order valence-electron chi connectivity index (χ1n) is 8.97. The van der Waals surface area contributed by atoms with Crippen LogP contribution in [0.2, 0.25) is 0 Å². The second-order valence-corrected chi connectivity index (χ2v) is 9.69. The molecule has 1 aliphatic rings. The van der Waals surface area contributed by atoms with Crippen molar-refractivity contribution in [3.8, 4) is 0 Å². The molecule has 28 heavy (non-hydrogen) atoms. The van der Waals surface area contributed by atoms with Gasteiger partial charge in [0, 0.05) is 28.8 Å². The number of carbonyl (C=O) groups is 1. The maximum atomic E-state index is 13.0. The minimum Gasteiger partial charge on any atom is -0.379 e. The molecule has 3 rings (SSSR count). The van der Waals surface area contributed by atoms with Gasteiger partial charge in [0.15, 0.2) is 0 Å². The van der Waals surface area contributed by atoms with Gasteiger partial charge in [0.25, 0.3) is 5.91 Å². The Morgan fingerprint density at radius 1 is 1.04 bits per heavy atom. The number of aryl methyl sites for hydroxylation is 3. The predicted octanol–water partition coefficient (Wildman–Crippen LogP) is 3.65. The Hall–Kier alpha value is -1.74. The first kappa shape index (κ1) is 21.0. The third-order valence-corrected chi connectivity index (χ3v) is 7.27. The molecule has 2 aromatic rings. The summed E-state index contributed by atoms with van der Waals surface area (Å²) in [5, 5.41) is 2.91. The SMILES string of the molecule is Cc1ccc(C(=O)Nc2c(C)cc(Br)cc2C)cc1S(=O)(=O)N1CCOCC1. The Kier molecular flexibility index (Phi) is 6.24. The number of rotatable bonds is 4. The fourth-order valence-corrected chi connectivity index (χ4v) is 5.58. The Morgan fingerprint density at radius 3 is 2.25 bits per heavy atom. The summed E-state index contributed by atoms with van der Waals surface area (Å²) < 4.78 is 33.6. The Morgan fingerprint density at radius 2 is 1.64 bits per heavy atom. The van der Waals surface area contributed by atoms with Crippen molar-refractivity contribution in [2.24, 2.45) is 0 Å². The van der Waals surface area contributed by atoms with E-state index in [4.69, 9.17) is 4.74 Å². The lowest BCUT2D eigenvalue weighted by molar-refractivity contribution is 0.0730. The molecule has 8 heteroatoms. The normalized spacial score (nSPS) is 15.4. The second-order valence-electron chi connectivity index (χ2n) is 6.87. The van der Waals surface area contributed by atoms with E-state index < -0.39 is 10.0 Å². The summed E-state index contributed by atoms with van der Waals surface area (Å²) >= 11 is 3.44. The van der Waals surface area contributed by atoms with Gasteiger partial charge >= 0.3 is 0 Å². The van der Waals surface area contributed by atoms with Gasteiger partial charge in [-0.05, 0) is 61.7 Å². The summed E-state index contributed by atoms with van der Waals surface area (Å²) in [5.41, 5.74) is 3.49. The monoisotopic (exact) mass is 466 g/mol. The summed E-state index contributed by atoms with van der Waals surface area (Å²) in [7, 11) is -3.68. The maximum absolute atomic E-state index is 13.0. The van der Waals surface area contributed by atoms with Crippen LogP contribution in [0.5, 0.6) is 0 Å². The van der Waals surface area contributed by atoms with Crippen molar-refractivity contribution in [3.63, 3.8) is 0 Å². The van der Waals surface area contributed by atoms with Crippen LogP contribution in [0, 0.1) is 20.8 Å². The van der Waals surface area contributed by atoms with Crippen LogP contribution in [0.4, 0.5) is 5.69 Å². The van der Waals surface area contributed by atoms with Gasteiger partial charge in [-0.1, -0.05) is 22.0 Å². The highest BCUT2D eigenvalue weighted by Crippen LogP contribution is 2.27. The fourth-order valence-electron chi connectivity index (χ4n) is 3.24.